The number of anilines is 1. The van der Waals surface area contributed by atoms with Gasteiger partial charge in [0.05, 0.1) is 7.11 Å². The van der Waals surface area contributed by atoms with Crippen LogP contribution in [0.15, 0.2) is 24.3 Å². The van der Waals surface area contributed by atoms with Crippen molar-refractivity contribution in [2.75, 3.05) is 25.1 Å². The molecule has 0 fully saturated rings. The molecule has 0 radical (unpaired) electrons. The number of carbonyl (C=O) groups is 1. The van der Waals surface area contributed by atoms with E-state index < -0.39 is 11.5 Å². The molecule has 0 heterocycles. The molecule has 0 aliphatic heterocycles. The summed E-state index contributed by atoms with van der Waals surface area (Å²) in [5, 5.41) is 0. The van der Waals surface area contributed by atoms with Gasteiger partial charge in [0.2, 0.25) is 0 Å². The largest absolute Gasteiger partial charge is 0.468 e. The average Bonchev–Trinajstić information content (AvgIpc) is 2.38. The van der Waals surface area contributed by atoms with Crippen molar-refractivity contribution >= 4 is 11.7 Å². The Labute approximate surface area is 113 Å². The topological polar surface area (TPSA) is 55.6 Å². The van der Waals surface area contributed by atoms with E-state index in [0.29, 0.717) is 19.5 Å². The van der Waals surface area contributed by atoms with Gasteiger partial charge in [0.25, 0.3) is 0 Å². The quantitative estimate of drug-likeness (QED) is 0.801. The number of rotatable bonds is 6. The molecule has 1 aromatic rings. The molecule has 4 nitrogen and oxygen atoms in total. The Morgan fingerprint density at radius 1 is 1.53 bits per heavy atom. The van der Waals surface area contributed by atoms with Crippen LogP contribution in [0.4, 0.5) is 10.1 Å². The van der Waals surface area contributed by atoms with E-state index in [1.165, 1.54) is 19.2 Å². The molecule has 2 N–H and O–H groups in total. The maximum atomic E-state index is 13.2. The van der Waals surface area contributed by atoms with Crippen LogP contribution in [0.1, 0.15) is 20.3 Å². The van der Waals surface area contributed by atoms with Crippen LogP contribution in [0.25, 0.3) is 0 Å². The molecule has 1 atom stereocenters. The van der Waals surface area contributed by atoms with Gasteiger partial charge < -0.3 is 15.4 Å². The van der Waals surface area contributed by atoms with Crippen molar-refractivity contribution in [2.45, 2.75) is 25.8 Å². The van der Waals surface area contributed by atoms with E-state index in [9.17, 15) is 9.18 Å². The van der Waals surface area contributed by atoms with E-state index in [2.05, 4.69) is 4.74 Å². The van der Waals surface area contributed by atoms with Gasteiger partial charge >= 0.3 is 5.97 Å². The Bertz CT molecular complexity index is 435. The minimum Gasteiger partial charge on any atom is -0.468 e. The SMILES string of the molecule is CCN(CCC(C)(N)C(=O)OC)c1cccc(F)c1. The van der Waals surface area contributed by atoms with E-state index in [-0.39, 0.29) is 5.82 Å². The molecule has 106 valence electrons. The van der Waals surface area contributed by atoms with Crippen LogP contribution in [0, 0.1) is 5.82 Å². The Morgan fingerprint density at radius 2 is 2.21 bits per heavy atom. The third-order valence-corrected chi connectivity index (χ3v) is 3.11. The van der Waals surface area contributed by atoms with Gasteiger partial charge in [-0.25, -0.2) is 4.39 Å². The second-order valence-electron chi connectivity index (χ2n) is 4.72. The van der Waals surface area contributed by atoms with Crippen molar-refractivity contribution in [3.05, 3.63) is 30.1 Å². The predicted octanol–water partition coefficient (Wildman–Crippen LogP) is 1.93. The van der Waals surface area contributed by atoms with Crippen LogP contribution in [0.2, 0.25) is 0 Å². The maximum absolute atomic E-state index is 13.2. The number of carbonyl (C=O) groups excluding carboxylic acids is 1. The summed E-state index contributed by atoms with van der Waals surface area (Å²) in [7, 11) is 1.32. The number of nitrogens with two attached hydrogens (primary N) is 1. The van der Waals surface area contributed by atoms with Crippen molar-refractivity contribution < 1.29 is 13.9 Å². The summed E-state index contributed by atoms with van der Waals surface area (Å²) < 4.78 is 17.9. The summed E-state index contributed by atoms with van der Waals surface area (Å²) >= 11 is 0. The summed E-state index contributed by atoms with van der Waals surface area (Å²) in [4.78, 5) is 13.5. The van der Waals surface area contributed by atoms with E-state index in [4.69, 9.17) is 5.73 Å². The van der Waals surface area contributed by atoms with Gasteiger partial charge in [0.15, 0.2) is 0 Å². The van der Waals surface area contributed by atoms with Crippen molar-refractivity contribution in [3.8, 4) is 0 Å². The van der Waals surface area contributed by atoms with Crippen molar-refractivity contribution in [3.63, 3.8) is 0 Å². The molecule has 0 bridgehead atoms. The molecule has 5 heteroatoms. The normalized spacial score (nSPS) is 13.7. The lowest BCUT2D eigenvalue weighted by molar-refractivity contribution is -0.146. The molecule has 1 rings (SSSR count). The minimum atomic E-state index is -1.03. The molecular weight excluding hydrogens is 247 g/mol. The second-order valence-corrected chi connectivity index (χ2v) is 4.72. The van der Waals surface area contributed by atoms with Gasteiger partial charge in [-0.2, -0.15) is 0 Å². The zero-order valence-electron chi connectivity index (χ0n) is 11.6. The fourth-order valence-electron chi connectivity index (χ4n) is 1.85. The first kappa shape index (κ1) is 15.4. The van der Waals surface area contributed by atoms with Gasteiger partial charge in [-0.05, 0) is 38.5 Å². The zero-order valence-corrected chi connectivity index (χ0v) is 11.6. The van der Waals surface area contributed by atoms with Crippen LogP contribution < -0.4 is 10.6 Å². The van der Waals surface area contributed by atoms with Crippen molar-refractivity contribution in [1.29, 1.82) is 0 Å². The Morgan fingerprint density at radius 3 is 2.74 bits per heavy atom. The number of nitrogens with zero attached hydrogens (tertiary/aromatic N) is 1. The molecule has 0 aromatic heterocycles. The van der Waals surface area contributed by atoms with E-state index in [0.717, 1.165) is 5.69 Å². The highest BCUT2D eigenvalue weighted by molar-refractivity contribution is 5.79. The minimum absolute atomic E-state index is 0.278. The van der Waals surface area contributed by atoms with Gasteiger partial charge in [-0.1, -0.05) is 6.07 Å². The fourth-order valence-corrected chi connectivity index (χ4v) is 1.85. The Kier molecular flexibility index (Phi) is 5.30. The summed E-state index contributed by atoms with van der Waals surface area (Å²) in [6.07, 6.45) is 0.435. The lowest BCUT2D eigenvalue weighted by atomic mass is 9.99. The fraction of sp³-hybridized carbons (Fsp3) is 0.500. The number of esters is 1. The summed E-state index contributed by atoms with van der Waals surface area (Å²) in [6.45, 7) is 4.87. The number of methoxy groups -OCH3 is 1. The standard InChI is InChI=1S/C14H21FN2O2/c1-4-17(12-7-5-6-11(15)10-12)9-8-14(2,16)13(18)19-3/h5-7,10H,4,8-9,16H2,1-3H3. The smallest absolute Gasteiger partial charge is 0.325 e. The van der Waals surface area contributed by atoms with Crippen LogP contribution in [0.3, 0.4) is 0 Å². The molecule has 0 saturated carbocycles. The highest BCUT2D eigenvalue weighted by Gasteiger charge is 2.29. The Balaban J connectivity index is 2.71. The van der Waals surface area contributed by atoms with Crippen LogP contribution in [-0.2, 0) is 9.53 Å². The van der Waals surface area contributed by atoms with E-state index in [1.54, 1.807) is 13.0 Å². The molecule has 1 aromatic carbocycles. The summed E-state index contributed by atoms with van der Waals surface area (Å²) in [5.41, 5.74) is 5.65. The molecular formula is C14H21FN2O2. The third-order valence-electron chi connectivity index (χ3n) is 3.11. The number of halogens is 1. The molecule has 19 heavy (non-hydrogen) atoms. The van der Waals surface area contributed by atoms with Crippen LogP contribution in [-0.4, -0.2) is 31.7 Å². The average molecular weight is 268 g/mol. The zero-order chi connectivity index (χ0) is 14.5. The first-order valence-corrected chi connectivity index (χ1v) is 6.28. The monoisotopic (exact) mass is 268 g/mol. The van der Waals surface area contributed by atoms with Gasteiger partial charge in [0.1, 0.15) is 11.4 Å². The first-order valence-electron chi connectivity index (χ1n) is 6.28. The summed E-state index contributed by atoms with van der Waals surface area (Å²) in [6, 6.07) is 6.36. The lowest BCUT2D eigenvalue weighted by Gasteiger charge is -2.28. The number of hydrogen-bond donors (Lipinski definition) is 1. The van der Waals surface area contributed by atoms with E-state index in [1.807, 2.05) is 17.9 Å². The Hall–Kier alpha value is -1.62. The molecule has 1 unspecified atom stereocenters. The third kappa shape index (κ3) is 4.21. The molecule has 0 spiro atoms. The second kappa shape index (κ2) is 6.52. The molecule has 0 aliphatic carbocycles. The summed E-state index contributed by atoms with van der Waals surface area (Å²) in [5.74, 6) is -0.720. The number of ether oxygens (including phenoxy) is 1. The first-order chi connectivity index (χ1) is 8.90. The maximum Gasteiger partial charge on any atom is 0.325 e. The van der Waals surface area contributed by atoms with Crippen molar-refractivity contribution in [1.82, 2.24) is 0 Å². The number of benzene rings is 1. The number of hydrogen-bond acceptors (Lipinski definition) is 4. The van der Waals surface area contributed by atoms with Gasteiger partial charge in [-0.15, -0.1) is 0 Å². The van der Waals surface area contributed by atoms with Gasteiger partial charge in [-0.3, -0.25) is 4.79 Å². The highest BCUT2D eigenvalue weighted by Crippen LogP contribution is 2.18. The van der Waals surface area contributed by atoms with E-state index >= 15 is 0 Å². The van der Waals surface area contributed by atoms with Gasteiger partial charge in [0, 0.05) is 18.8 Å². The molecule has 0 saturated heterocycles. The van der Waals surface area contributed by atoms with Crippen molar-refractivity contribution in [2.24, 2.45) is 5.73 Å². The lowest BCUT2D eigenvalue weighted by Crippen LogP contribution is -2.48. The molecule has 0 aliphatic rings. The highest BCUT2D eigenvalue weighted by atomic mass is 19.1. The van der Waals surface area contributed by atoms with Crippen LogP contribution >= 0.6 is 0 Å². The molecule has 0 amide bonds. The van der Waals surface area contributed by atoms with Crippen LogP contribution in [0.5, 0.6) is 0 Å². The predicted molar refractivity (Wildman–Crippen MR) is 73.5 cm³/mol.